The summed E-state index contributed by atoms with van der Waals surface area (Å²) >= 11 is 0. The van der Waals surface area contributed by atoms with E-state index in [9.17, 15) is 4.79 Å². The van der Waals surface area contributed by atoms with E-state index < -0.39 is 5.97 Å². The topological polar surface area (TPSA) is 127 Å². The number of carbonyl (C=O) groups is 1. The Morgan fingerprint density at radius 1 is 1.24 bits per heavy atom. The number of nitrogens with one attached hydrogen (secondary N) is 1. The lowest BCUT2D eigenvalue weighted by Crippen LogP contribution is -2.01. The molecule has 0 unspecified atom stereocenters. The van der Waals surface area contributed by atoms with E-state index in [0.29, 0.717) is 11.4 Å². The number of benzene rings is 1. The lowest BCUT2D eigenvalue weighted by Gasteiger charge is -2.03. The van der Waals surface area contributed by atoms with Crippen LogP contribution >= 0.6 is 0 Å². The number of hydrogen-bond donors (Lipinski definition) is 2. The molecule has 1 aromatic heterocycles. The number of hydrazone groups is 1. The molecule has 0 aliphatic rings. The standard InChI is InChI=1S/C13H8N6O2/c14-7-10(8-15)17-16-9-1-3-11(4-2-9)19-6-5-12(18-19)13(20)21/h1-6,16H,(H,20,21). The molecule has 102 valence electrons. The number of carboxylic acid groups (broad SMARTS) is 1. The van der Waals surface area contributed by atoms with Crippen LogP contribution < -0.4 is 5.43 Å². The minimum atomic E-state index is -1.10. The molecule has 2 N–H and O–H groups in total. The minimum absolute atomic E-state index is 0.0468. The largest absolute Gasteiger partial charge is 0.476 e. The summed E-state index contributed by atoms with van der Waals surface area (Å²) in [5.74, 6) is -1.10. The zero-order valence-corrected chi connectivity index (χ0v) is 10.6. The molecular formula is C13H8N6O2. The molecule has 0 radical (unpaired) electrons. The van der Waals surface area contributed by atoms with Crippen LogP contribution in [0.2, 0.25) is 0 Å². The van der Waals surface area contributed by atoms with Crippen LogP contribution in [-0.2, 0) is 0 Å². The van der Waals surface area contributed by atoms with Crippen molar-refractivity contribution in [3.05, 3.63) is 42.2 Å². The highest BCUT2D eigenvalue weighted by Crippen LogP contribution is 2.13. The molecular weight excluding hydrogens is 272 g/mol. The average molecular weight is 280 g/mol. The van der Waals surface area contributed by atoms with Crippen molar-refractivity contribution in [2.45, 2.75) is 0 Å². The molecule has 0 bridgehead atoms. The Morgan fingerprint density at radius 2 is 1.90 bits per heavy atom. The second-order valence-electron chi connectivity index (χ2n) is 3.79. The molecule has 0 saturated heterocycles. The quantitative estimate of drug-likeness (QED) is 0.643. The minimum Gasteiger partial charge on any atom is -0.476 e. The van der Waals surface area contributed by atoms with Crippen molar-refractivity contribution in [2.75, 3.05) is 5.43 Å². The Kier molecular flexibility index (Phi) is 3.93. The lowest BCUT2D eigenvalue weighted by atomic mass is 10.3. The fourth-order valence-electron chi connectivity index (χ4n) is 1.47. The smallest absolute Gasteiger partial charge is 0.356 e. The van der Waals surface area contributed by atoms with Gasteiger partial charge in [-0.25, -0.2) is 9.48 Å². The Hall–Kier alpha value is -3.65. The van der Waals surface area contributed by atoms with Gasteiger partial charge in [-0.05, 0) is 30.3 Å². The van der Waals surface area contributed by atoms with Gasteiger partial charge in [0, 0.05) is 6.20 Å². The molecule has 0 atom stereocenters. The van der Waals surface area contributed by atoms with Gasteiger partial charge in [0.2, 0.25) is 5.71 Å². The first-order valence-corrected chi connectivity index (χ1v) is 5.67. The highest BCUT2D eigenvalue weighted by atomic mass is 16.4. The Bertz CT molecular complexity index is 760. The molecule has 8 heteroatoms. The first-order chi connectivity index (χ1) is 10.1. The van der Waals surface area contributed by atoms with Crippen molar-refractivity contribution >= 4 is 17.4 Å². The molecule has 0 saturated carbocycles. The highest BCUT2D eigenvalue weighted by molar-refractivity contribution is 6.10. The zero-order chi connectivity index (χ0) is 15.2. The fourth-order valence-corrected chi connectivity index (χ4v) is 1.47. The zero-order valence-electron chi connectivity index (χ0n) is 10.6. The van der Waals surface area contributed by atoms with E-state index in [0.717, 1.165) is 0 Å². The van der Waals surface area contributed by atoms with Crippen molar-refractivity contribution < 1.29 is 9.90 Å². The summed E-state index contributed by atoms with van der Waals surface area (Å²) in [5.41, 5.74) is 3.48. The first-order valence-electron chi connectivity index (χ1n) is 5.67. The third-order valence-electron chi connectivity index (χ3n) is 2.45. The molecule has 1 aromatic carbocycles. The summed E-state index contributed by atoms with van der Waals surface area (Å²) in [6.07, 6.45) is 1.54. The molecule has 0 fully saturated rings. The monoisotopic (exact) mass is 280 g/mol. The van der Waals surface area contributed by atoms with Gasteiger partial charge in [-0.15, -0.1) is 0 Å². The SMILES string of the molecule is N#CC(C#N)=NNc1ccc(-n2ccc(C(=O)O)n2)cc1. The number of nitriles is 2. The Morgan fingerprint density at radius 3 is 2.43 bits per heavy atom. The summed E-state index contributed by atoms with van der Waals surface area (Å²) in [7, 11) is 0. The van der Waals surface area contributed by atoms with E-state index in [-0.39, 0.29) is 11.4 Å². The molecule has 0 amide bonds. The van der Waals surface area contributed by atoms with Crippen LogP contribution in [0, 0.1) is 22.7 Å². The van der Waals surface area contributed by atoms with Crippen molar-refractivity contribution in [3.8, 4) is 17.8 Å². The summed E-state index contributed by atoms with van der Waals surface area (Å²) in [6.45, 7) is 0. The predicted octanol–water partition coefficient (Wildman–Crippen LogP) is 1.39. The van der Waals surface area contributed by atoms with Gasteiger partial charge in [0.1, 0.15) is 12.1 Å². The van der Waals surface area contributed by atoms with E-state index in [2.05, 4.69) is 15.6 Å². The molecule has 8 nitrogen and oxygen atoms in total. The van der Waals surface area contributed by atoms with Gasteiger partial charge in [-0.1, -0.05) is 0 Å². The van der Waals surface area contributed by atoms with E-state index in [1.165, 1.54) is 16.9 Å². The maximum Gasteiger partial charge on any atom is 0.356 e. The molecule has 0 spiro atoms. The van der Waals surface area contributed by atoms with Gasteiger partial charge in [-0.2, -0.15) is 20.7 Å². The predicted molar refractivity (Wildman–Crippen MR) is 72.8 cm³/mol. The highest BCUT2D eigenvalue weighted by Gasteiger charge is 2.07. The number of anilines is 1. The van der Waals surface area contributed by atoms with Crippen LogP contribution in [0.1, 0.15) is 10.5 Å². The molecule has 0 aliphatic heterocycles. The van der Waals surface area contributed by atoms with Gasteiger partial charge >= 0.3 is 5.97 Å². The molecule has 2 rings (SSSR count). The lowest BCUT2D eigenvalue weighted by molar-refractivity contribution is 0.0690. The van der Waals surface area contributed by atoms with Crippen molar-refractivity contribution in [1.82, 2.24) is 9.78 Å². The third-order valence-corrected chi connectivity index (χ3v) is 2.45. The molecule has 1 heterocycles. The van der Waals surface area contributed by atoms with Gasteiger partial charge in [0.15, 0.2) is 5.69 Å². The maximum absolute atomic E-state index is 10.8. The van der Waals surface area contributed by atoms with Crippen LogP contribution in [0.3, 0.4) is 0 Å². The normalized spacial score (nSPS) is 9.24. The fraction of sp³-hybridized carbons (Fsp3) is 0. The van der Waals surface area contributed by atoms with Crippen molar-refractivity contribution in [2.24, 2.45) is 5.10 Å². The van der Waals surface area contributed by atoms with E-state index in [1.54, 1.807) is 36.4 Å². The van der Waals surface area contributed by atoms with Gasteiger partial charge < -0.3 is 5.11 Å². The van der Waals surface area contributed by atoms with Crippen LogP contribution in [0.15, 0.2) is 41.6 Å². The summed E-state index contributed by atoms with van der Waals surface area (Å²) < 4.78 is 1.42. The Balaban J connectivity index is 2.15. The second-order valence-corrected chi connectivity index (χ2v) is 3.79. The van der Waals surface area contributed by atoms with E-state index >= 15 is 0 Å². The molecule has 2 aromatic rings. The third kappa shape index (κ3) is 3.22. The van der Waals surface area contributed by atoms with Gasteiger partial charge in [-0.3, -0.25) is 5.43 Å². The van der Waals surface area contributed by atoms with Crippen molar-refractivity contribution in [1.29, 1.82) is 10.5 Å². The van der Waals surface area contributed by atoms with E-state index in [4.69, 9.17) is 15.6 Å². The number of aromatic nitrogens is 2. The number of aromatic carboxylic acids is 1. The molecule has 0 aliphatic carbocycles. The van der Waals surface area contributed by atoms with E-state index in [1.807, 2.05) is 0 Å². The number of hydrogen-bond acceptors (Lipinski definition) is 6. The van der Waals surface area contributed by atoms with Gasteiger partial charge in [0.05, 0.1) is 11.4 Å². The van der Waals surface area contributed by atoms with Crippen LogP contribution in [0.5, 0.6) is 0 Å². The van der Waals surface area contributed by atoms with Gasteiger partial charge in [0.25, 0.3) is 0 Å². The van der Waals surface area contributed by atoms with Crippen LogP contribution in [-0.4, -0.2) is 26.6 Å². The second kappa shape index (κ2) is 5.99. The summed E-state index contributed by atoms with van der Waals surface area (Å²) in [6, 6.07) is 11.4. The summed E-state index contributed by atoms with van der Waals surface area (Å²) in [5, 5.41) is 33.4. The number of nitrogens with zero attached hydrogens (tertiary/aromatic N) is 5. The molecule has 21 heavy (non-hydrogen) atoms. The first kappa shape index (κ1) is 13.8. The van der Waals surface area contributed by atoms with Crippen molar-refractivity contribution in [3.63, 3.8) is 0 Å². The maximum atomic E-state index is 10.8. The number of rotatable bonds is 4. The number of carboxylic acids is 1. The van der Waals surface area contributed by atoms with Crippen LogP contribution in [0.4, 0.5) is 5.69 Å². The average Bonchev–Trinajstić information content (AvgIpc) is 2.99. The Labute approximate surface area is 119 Å². The van der Waals surface area contributed by atoms with Crippen LogP contribution in [0.25, 0.3) is 5.69 Å². The summed E-state index contributed by atoms with van der Waals surface area (Å²) in [4.78, 5) is 10.8.